The van der Waals surface area contributed by atoms with E-state index in [0.29, 0.717) is 5.76 Å². The van der Waals surface area contributed by atoms with Gasteiger partial charge in [0.1, 0.15) is 6.61 Å². The molecule has 0 bridgehead atoms. The fourth-order valence-corrected chi connectivity index (χ4v) is 0.509. The highest BCUT2D eigenvalue weighted by molar-refractivity contribution is 4.90. The van der Waals surface area contributed by atoms with E-state index in [1.165, 1.54) is 13.2 Å². The minimum Gasteiger partial charge on any atom is -0.381 e. The highest BCUT2D eigenvalue weighted by atomic mass is 17.2. The minimum atomic E-state index is -0.283. The summed E-state index contributed by atoms with van der Waals surface area (Å²) in [5.41, 5.74) is -0.283. The molecule has 0 unspecified atom stereocenters. The van der Waals surface area contributed by atoms with Crippen LogP contribution >= 0.6 is 0 Å². The molecule has 0 aliphatic carbocycles. The molecule has 1 aromatic rings. The predicted molar refractivity (Wildman–Crippen MR) is 31.1 cm³/mol. The lowest BCUT2D eigenvalue weighted by Gasteiger charge is -1.92. The molecule has 0 saturated carbocycles. The maximum atomic E-state index is 10.4. The molecule has 0 aliphatic rings. The molecule has 56 valence electrons. The van der Waals surface area contributed by atoms with Crippen LogP contribution in [0.4, 0.5) is 0 Å². The summed E-state index contributed by atoms with van der Waals surface area (Å²) in [6, 6.07) is 1.29. The predicted octanol–water partition coefficient (Wildman–Crippen LogP) is 0.0459. The fourth-order valence-electron chi connectivity index (χ4n) is 0.509. The molecule has 0 amide bonds. The van der Waals surface area contributed by atoms with Crippen LogP contribution in [-0.2, 0) is 16.4 Å². The highest BCUT2D eigenvalue weighted by Gasteiger charge is 1.97. The first-order valence-electron chi connectivity index (χ1n) is 2.66. The molecule has 1 heterocycles. The number of hydrogen-bond donors (Lipinski definition) is 1. The molecule has 10 heavy (non-hydrogen) atoms. The molecule has 1 rings (SSSR count). The summed E-state index contributed by atoms with van der Waals surface area (Å²) in [5, 5.41) is 2.11. The molecule has 0 fully saturated rings. The third-order valence-corrected chi connectivity index (χ3v) is 0.894. The standard InChI is InChI=1S/C5H7NO4/c1-8-9-3-4-2-5(7)6-10-4/h2H,3H2,1H3,(H,6,7). The van der Waals surface area contributed by atoms with Crippen LogP contribution in [0.5, 0.6) is 0 Å². The third kappa shape index (κ3) is 1.71. The number of nitrogens with one attached hydrogen (secondary N) is 1. The zero-order valence-corrected chi connectivity index (χ0v) is 5.42. The van der Waals surface area contributed by atoms with Gasteiger partial charge in [0.25, 0.3) is 5.56 Å². The average molecular weight is 145 g/mol. The van der Waals surface area contributed by atoms with Crippen LogP contribution in [0.2, 0.25) is 0 Å². The summed E-state index contributed by atoms with van der Waals surface area (Å²) >= 11 is 0. The monoisotopic (exact) mass is 145 g/mol. The van der Waals surface area contributed by atoms with Crippen LogP contribution in [0.3, 0.4) is 0 Å². The Bertz CT molecular complexity index is 238. The molecule has 1 N–H and O–H groups in total. The van der Waals surface area contributed by atoms with Crippen molar-refractivity contribution in [2.75, 3.05) is 7.11 Å². The fraction of sp³-hybridized carbons (Fsp3) is 0.400. The molecule has 5 heteroatoms. The Morgan fingerprint density at radius 2 is 2.60 bits per heavy atom. The van der Waals surface area contributed by atoms with Crippen LogP contribution in [-0.4, -0.2) is 12.3 Å². The first-order chi connectivity index (χ1) is 4.83. The molecule has 1 aromatic heterocycles. The van der Waals surface area contributed by atoms with Crippen molar-refractivity contribution in [3.05, 3.63) is 22.2 Å². The van der Waals surface area contributed by atoms with Gasteiger partial charge in [-0.2, -0.15) is 5.16 Å². The summed E-state index contributed by atoms with van der Waals surface area (Å²) < 4.78 is 4.62. The van der Waals surface area contributed by atoms with Crippen molar-refractivity contribution in [1.82, 2.24) is 5.16 Å². The van der Waals surface area contributed by atoms with Gasteiger partial charge in [-0.15, -0.1) is 0 Å². The van der Waals surface area contributed by atoms with Crippen molar-refractivity contribution in [3.63, 3.8) is 0 Å². The Morgan fingerprint density at radius 3 is 3.10 bits per heavy atom. The number of aromatic amines is 1. The zero-order chi connectivity index (χ0) is 7.40. The zero-order valence-electron chi connectivity index (χ0n) is 5.42. The Labute approximate surface area is 56.4 Å². The summed E-state index contributed by atoms with van der Waals surface area (Å²) in [6.45, 7) is 0.134. The average Bonchev–Trinajstić information content (AvgIpc) is 2.31. The van der Waals surface area contributed by atoms with E-state index in [0.717, 1.165) is 0 Å². The van der Waals surface area contributed by atoms with E-state index >= 15 is 0 Å². The molecule has 0 spiro atoms. The second-order valence-corrected chi connectivity index (χ2v) is 1.61. The van der Waals surface area contributed by atoms with E-state index in [1.54, 1.807) is 0 Å². The van der Waals surface area contributed by atoms with Crippen molar-refractivity contribution in [1.29, 1.82) is 0 Å². The molecule has 0 atom stereocenters. The molecule has 0 radical (unpaired) electrons. The van der Waals surface area contributed by atoms with Gasteiger partial charge in [-0.25, -0.2) is 9.78 Å². The molecular formula is C5H7NO4. The Hall–Kier alpha value is -1.07. The number of hydrogen-bond acceptors (Lipinski definition) is 4. The molecule has 0 saturated heterocycles. The van der Waals surface area contributed by atoms with Crippen LogP contribution in [0.1, 0.15) is 5.76 Å². The van der Waals surface area contributed by atoms with Gasteiger partial charge in [-0.1, -0.05) is 0 Å². The largest absolute Gasteiger partial charge is 0.381 e. The molecule has 5 nitrogen and oxygen atoms in total. The maximum absolute atomic E-state index is 10.4. The summed E-state index contributed by atoms with van der Waals surface area (Å²) in [5.74, 6) is 0.409. The van der Waals surface area contributed by atoms with Gasteiger partial charge >= 0.3 is 0 Å². The van der Waals surface area contributed by atoms with Crippen LogP contribution in [0.15, 0.2) is 15.4 Å². The Morgan fingerprint density at radius 1 is 1.80 bits per heavy atom. The molecule has 0 aromatic carbocycles. The lowest BCUT2D eigenvalue weighted by atomic mass is 10.5. The van der Waals surface area contributed by atoms with E-state index in [4.69, 9.17) is 0 Å². The molecule has 0 aliphatic heterocycles. The number of rotatable bonds is 3. The van der Waals surface area contributed by atoms with Gasteiger partial charge in [0.05, 0.1) is 7.11 Å². The van der Waals surface area contributed by atoms with Gasteiger partial charge in [0.15, 0.2) is 5.76 Å². The maximum Gasteiger partial charge on any atom is 0.280 e. The topological polar surface area (TPSA) is 64.5 Å². The van der Waals surface area contributed by atoms with Crippen molar-refractivity contribution in [2.45, 2.75) is 6.61 Å². The SMILES string of the molecule is COOCc1cc(=O)[nH]o1. The van der Waals surface area contributed by atoms with E-state index in [9.17, 15) is 4.79 Å². The van der Waals surface area contributed by atoms with Crippen molar-refractivity contribution in [2.24, 2.45) is 0 Å². The van der Waals surface area contributed by atoms with E-state index in [-0.39, 0.29) is 12.2 Å². The third-order valence-electron chi connectivity index (χ3n) is 0.894. The Balaban J connectivity index is 2.50. The number of aromatic nitrogens is 1. The highest BCUT2D eigenvalue weighted by Crippen LogP contribution is 1.94. The lowest BCUT2D eigenvalue weighted by molar-refractivity contribution is -0.285. The quantitative estimate of drug-likeness (QED) is 0.482. The van der Waals surface area contributed by atoms with Crippen molar-refractivity contribution in [3.8, 4) is 0 Å². The first kappa shape index (κ1) is 7.04. The second-order valence-electron chi connectivity index (χ2n) is 1.61. The van der Waals surface area contributed by atoms with E-state index < -0.39 is 0 Å². The van der Waals surface area contributed by atoms with Gasteiger partial charge < -0.3 is 4.52 Å². The van der Waals surface area contributed by atoms with Gasteiger partial charge in [-0.3, -0.25) is 4.79 Å². The summed E-state index contributed by atoms with van der Waals surface area (Å²) in [4.78, 5) is 19.2. The van der Waals surface area contributed by atoms with Gasteiger partial charge in [0, 0.05) is 6.07 Å². The van der Waals surface area contributed by atoms with E-state index in [2.05, 4.69) is 19.5 Å². The first-order valence-corrected chi connectivity index (χ1v) is 2.66. The molecular weight excluding hydrogens is 138 g/mol. The van der Waals surface area contributed by atoms with Gasteiger partial charge in [-0.05, 0) is 0 Å². The summed E-state index contributed by atoms with van der Waals surface area (Å²) in [7, 11) is 1.38. The number of H-pyrrole nitrogens is 1. The lowest BCUT2D eigenvalue weighted by Crippen LogP contribution is -1.93. The van der Waals surface area contributed by atoms with Crippen LogP contribution < -0.4 is 5.56 Å². The smallest absolute Gasteiger partial charge is 0.280 e. The minimum absolute atomic E-state index is 0.134. The summed E-state index contributed by atoms with van der Waals surface area (Å²) in [6.07, 6.45) is 0. The van der Waals surface area contributed by atoms with Crippen LogP contribution in [0, 0.1) is 0 Å². The van der Waals surface area contributed by atoms with E-state index in [1.807, 2.05) is 0 Å². The van der Waals surface area contributed by atoms with Crippen molar-refractivity contribution < 1.29 is 14.3 Å². The van der Waals surface area contributed by atoms with Gasteiger partial charge in [0.2, 0.25) is 0 Å². The van der Waals surface area contributed by atoms with Crippen molar-refractivity contribution >= 4 is 0 Å². The second kappa shape index (κ2) is 3.19. The van der Waals surface area contributed by atoms with Crippen LogP contribution in [0.25, 0.3) is 0 Å². The normalized spacial score (nSPS) is 10.1. The Kier molecular flexibility index (Phi) is 2.24.